The normalized spacial score (nSPS) is 27.3. The van der Waals surface area contributed by atoms with Gasteiger partial charge in [-0.05, 0) is 61.6 Å². The molecule has 0 radical (unpaired) electrons. The molecule has 1 aromatic carbocycles. The molecule has 0 aliphatic heterocycles. The van der Waals surface area contributed by atoms with Crippen LogP contribution in [0.2, 0.25) is 0 Å². The molecule has 2 aliphatic rings. The number of nitrogens with two attached hydrogens (primary N) is 1. The summed E-state index contributed by atoms with van der Waals surface area (Å²) in [6, 6.07) is 6.71. The van der Waals surface area contributed by atoms with Gasteiger partial charge in [-0.15, -0.1) is 0 Å². The second-order valence-electron chi connectivity index (χ2n) is 6.98. The summed E-state index contributed by atoms with van der Waals surface area (Å²) in [6.07, 6.45) is 7.40. The fourth-order valence-corrected chi connectivity index (χ4v) is 3.89. The van der Waals surface area contributed by atoms with E-state index in [0.717, 1.165) is 19.3 Å². The molecule has 0 spiro atoms. The highest BCUT2D eigenvalue weighted by atomic mass is 16.5. The third kappa shape index (κ3) is 3.93. The van der Waals surface area contributed by atoms with Gasteiger partial charge in [-0.1, -0.05) is 18.2 Å². The Balaban J connectivity index is 1.54. The molecule has 23 heavy (non-hydrogen) atoms. The first-order valence-corrected chi connectivity index (χ1v) is 8.84. The number of methoxy groups -OCH3 is 1. The summed E-state index contributed by atoms with van der Waals surface area (Å²) in [4.78, 5) is 12.4. The van der Waals surface area contributed by atoms with Gasteiger partial charge in [-0.2, -0.15) is 0 Å². The predicted molar refractivity (Wildman–Crippen MR) is 91.0 cm³/mol. The zero-order valence-electron chi connectivity index (χ0n) is 14.0. The first kappa shape index (κ1) is 16.5. The van der Waals surface area contributed by atoms with Gasteiger partial charge in [0.1, 0.15) is 0 Å². The van der Waals surface area contributed by atoms with Crippen LogP contribution in [0.25, 0.3) is 0 Å². The molecular formula is C19H28N2O2. The predicted octanol–water partition coefficient (Wildman–Crippen LogP) is 2.32. The standard InChI is InChI=1S/C19H28N2O2/c1-23-18-11-16(8-9-17(18)20)19(22)21-12-13-6-7-14-4-2-3-5-15(14)10-13/h6-7,10,16-18H,2-5,8-9,11-12,20H2,1H3,(H,21,22)/t16-,17+,18+/m0/s1. The zero-order valence-corrected chi connectivity index (χ0v) is 14.0. The maximum absolute atomic E-state index is 12.4. The highest BCUT2D eigenvalue weighted by Crippen LogP contribution is 2.26. The molecule has 0 unspecified atom stereocenters. The highest BCUT2D eigenvalue weighted by molar-refractivity contribution is 5.78. The van der Waals surface area contributed by atoms with E-state index in [9.17, 15) is 4.79 Å². The third-order valence-corrected chi connectivity index (χ3v) is 5.40. The van der Waals surface area contributed by atoms with Crippen LogP contribution in [0.4, 0.5) is 0 Å². The lowest BCUT2D eigenvalue weighted by Crippen LogP contribution is -2.45. The van der Waals surface area contributed by atoms with Gasteiger partial charge in [0.2, 0.25) is 5.91 Å². The zero-order chi connectivity index (χ0) is 16.2. The van der Waals surface area contributed by atoms with E-state index in [2.05, 4.69) is 23.5 Å². The number of fused-ring (bicyclic) bond motifs is 1. The Morgan fingerprint density at radius 1 is 1.26 bits per heavy atom. The van der Waals surface area contributed by atoms with Crippen molar-refractivity contribution in [2.45, 2.75) is 63.6 Å². The number of carbonyl (C=O) groups excluding carboxylic acids is 1. The molecule has 1 fully saturated rings. The molecule has 2 aliphatic carbocycles. The van der Waals surface area contributed by atoms with Gasteiger partial charge >= 0.3 is 0 Å². The van der Waals surface area contributed by atoms with Crippen molar-refractivity contribution in [1.82, 2.24) is 5.32 Å². The molecule has 1 amide bonds. The van der Waals surface area contributed by atoms with Crippen molar-refractivity contribution in [3.63, 3.8) is 0 Å². The van der Waals surface area contributed by atoms with E-state index in [0.29, 0.717) is 6.54 Å². The Morgan fingerprint density at radius 2 is 2.04 bits per heavy atom. The van der Waals surface area contributed by atoms with Crippen LogP contribution in [0.15, 0.2) is 18.2 Å². The first-order valence-electron chi connectivity index (χ1n) is 8.84. The average Bonchev–Trinajstić information content (AvgIpc) is 2.60. The van der Waals surface area contributed by atoms with E-state index >= 15 is 0 Å². The van der Waals surface area contributed by atoms with Gasteiger partial charge in [-0.25, -0.2) is 0 Å². The Labute approximate surface area is 138 Å². The van der Waals surface area contributed by atoms with Crippen LogP contribution in [-0.2, 0) is 28.9 Å². The molecule has 1 saturated carbocycles. The molecule has 3 rings (SSSR count). The van der Waals surface area contributed by atoms with Crippen LogP contribution in [-0.4, -0.2) is 25.2 Å². The fraction of sp³-hybridized carbons (Fsp3) is 0.632. The number of rotatable bonds is 4. The van der Waals surface area contributed by atoms with Crippen molar-refractivity contribution < 1.29 is 9.53 Å². The van der Waals surface area contributed by atoms with E-state index in [1.54, 1.807) is 7.11 Å². The summed E-state index contributed by atoms with van der Waals surface area (Å²) in [6.45, 7) is 0.617. The number of hydrogen-bond donors (Lipinski definition) is 2. The molecule has 4 heteroatoms. The first-order chi connectivity index (χ1) is 11.2. The lowest BCUT2D eigenvalue weighted by atomic mass is 9.83. The number of amides is 1. The molecular weight excluding hydrogens is 288 g/mol. The minimum absolute atomic E-state index is 0.00300. The molecule has 0 saturated heterocycles. The maximum Gasteiger partial charge on any atom is 0.223 e. The quantitative estimate of drug-likeness (QED) is 0.896. The van der Waals surface area contributed by atoms with Gasteiger partial charge in [0.15, 0.2) is 0 Å². The number of carbonyl (C=O) groups is 1. The lowest BCUT2D eigenvalue weighted by molar-refractivity contribution is -0.128. The van der Waals surface area contributed by atoms with E-state index in [4.69, 9.17) is 10.5 Å². The number of benzene rings is 1. The average molecular weight is 316 g/mol. The summed E-state index contributed by atoms with van der Waals surface area (Å²) >= 11 is 0. The van der Waals surface area contributed by atoms with E-state index in [-0.39, 0.29) is 24.0 Å². The van der Waals surface area contributed by atoms with E-state index < -0.39 is 0 Å². The number of aryl methyl sites for hydroxylation is 2. The molecule has 126 valence electrons. The summed E-state index contributed by atoms with van der Waals surface area (Å²) in [5.41, 5.74) is 10.2. The van der Waals surface area contributed by atoms with Crippen molar-refractivity contribution in [3.8, 4) is 0 Å². The van der Waals surface area contributed by atoms with Crippen molar-refractivity contribution >= 4 is 5.91 Å². The van der Waals surface area contributed by atoms with Gasteiger partial charge < -0.3 is 15.8 Å². The maximum atomic E-state index is 12.4. The van der Waals surface area contributed by atoms with Crippen molar-refractivity contribution in [2.24, 2.45) is 11.7 Å². The van der Waals surface area contributed by atoms with Crippen LogP contribution in [0.3, 0.4) is 0 Å². The minimum Gasteiger partial charge on any atom is -0.380 e. The summed E-state index contributed by atoms with van der Waals surface area (Å²) in [7, 11) is 1.68. The summed E-state index contributed by atoms with van der Waals surface area (Å²) < 4.78 is 5.40. The number of hydrogen-bond acceptors (Lipinski definition) is 3. The lowest BCUT2D eigenvalue weighted by Gasteiger charge is -2.32. The topological polar surface area (TPSA) is 64.3 Å². The van der Waals surface area contributed by atoms with E-state index in [1.807, 2.05) is 0 Å². The van der Waals surface area contributed by atoms with Crippen LogP contribution in [0.1, 0.15) is 48.8 Å². The number of ether oxygens (including phenoxy) is 1. The van der Waals surface area contributed by atoms with Crippen LogP contribution < -0.4 is 11.1 Å². The van der Waals surface area contributed by atoms with Crippen LogP contribution in [0.5, 0.6) is 0 Å². The summed E-state index contributed by atoms with van der Waals surface area (Å²) in [5.74, 6) is 0.161. The van der Waals surface area contributed by atoms with Crippen LogP contribution >= 0.6 is 0 Å². The highest BCUT2D eigenvalue weighted by Gasteiger charge is 2.31. The Hall–Kier alpha value is -1.39. The molecule has 0 heterocycles. The van der Waals surface area contributed by atoms with Crippen LogP contribution in [0, 0.1) is 5.92 Å². The fourth-order valence-electron chi connectivity index (χ4n) is 3.89. The second-order valence-corrected chi connectivity index (χ2v) is 6.98. The van der Waals surface area contributed by atoms with E-state index in [1.165, 1.54) is 42.4 Å². The Kier molecular flexibility index (Phi) is 5.34. The molecule has 1 aromatic rings. The molecule has 0 aromatic heterocycles. The molecule has 3 N–H and O–H groups in total. The smallest absolute Gasteiger partial charge is 0.223 e. The van der Waals surface area contributed by atoms with Crippen molar-refractivity contribution in [3.05, 3.63) is 34.9 Å². The molecule has 4 nitrogen and oxygen atoms in total. The third-order valence-electron chi connectivity index (χ3n) is 5.40. The Bertz CT molecular complexity index is 558. The largest absolute Gasteiger partial charge is 0.380 e. The number of nitrogens with one attached hydrogen (secondary N) is 1. The minimum atomic E-state index is 0.00300. The SMILES string of the molecule is CO[C@@H]1C[C@@H](C(=O)NCc2ccc3c(c2)CCCC3)CC[C@H]1N. The van der Waals surface area contributed by atoms with Crippen molar-refractivity contribution in [1.29, 1.82) is 0 Å². The monoisotopic (exact) mass is 316 g/mol. The van der Waals surface area contributed by atoms with Gasteiger partial charge in [0.05, 0.1) is 6.10 Å². The second kappa shape index (κ2) is 7.45. The van der Waals surface area contributed by atoms with Gasteiger partial charge in [0.25, 0.3) is 0 Å². The van der Waals surface area contributed by atoms with Gasteiger partial charge in [-0.3, -0.25) is 4.79 Å². The Morgan fingerprint density at radius 3 is 2.83 bits per heavy atom. The molecule has 3 atom stereocenters. The van der Waals surface area contributed by atoms with Crippen molar-refractivity contribution in [2.75, 3.05) is 7.11 Å². The summed E-state index contributed by atoms with van der Waals surface area (Å²) in [5, 5.41) is 3.10. The van der Waals surface area contributed by atoms with Gasteiger partial charge in [0, 0.05) is 25.6 Å². The molecule has 0 bridgehead atoms.